The maximum absolute atomic E-state index is 11.4. The van der Waals surface area contributed by atoms with Crippen LogP contribution in [0.25, 0.3) is 0 Å². The Hall–Kier alpha value is -1.78. The number of hydrogen-bond donors (Lipinski definition) is 0. The van der Waals surface area contributed by atoms with Crippen molar-refractivity contribution in [2.75, 3.05) is 5.01 Å². The SMILES string of the molecule is Cc1ncc(N2N=CCCC2=O)cn1. The minimum atomic E-state index is -0.0139. The summed E-state index contributed by atoms with van der Waals surface area (Å²) in [4.78, 5) is 19.5. The third-order valence-corrected chi connectivity index (χ3v) is 1.93. The molecule has 2 rings (SSSR count). The van der Waals surface area contributed by atoms with Crippen LogP contribution in [0.5, 0.6) is 0 Å². The number of nitrogens with zero attached hydrogens (tertiary/aromatic N) is 4. The number of carbonyl (C=O) groups is 1. The van der Waals surface area contributed by atoms with Gasteiger partial charge in [-0.15, -0.1) is 0 Å². The molecule has 1 amide bonds. The number of hydrazone groups is 1. The summed E-state index contributed by atoms with van der Waals surface area (Å²) in [5.74, 6) is 0.669. The van der Waals surface area contributed by atoms with Crippen molar-refractivity contribution in [3.63, 3.8) is 0 Å². The minimum absolute atomic E-state index is 0.0139. The minimum Gasteiger partial charge on any atom is -0.273 e. The van der Waals surface area contributed by atoms with Crippen LogP contribution in [0.1, 0.15) is 18.7 Å². The van der Waals surface area contributed by atoms with Crippen LogP contribution in [0.2, 0.25) is 0 Å². The van der Waals surface area contributed by atoms with Gasteiger partial charge in [0.25, 0.3) is 0 Å². The molecule has 1 aromatic heterocycles. The van der Waals surface area contributed by atoms with Gasteiger partial charge in [-0.05, 0) is 13.3 Å². The summed E-state index contributed by atoms with van der Waals surface area (Å²) in [6.07, 6.45) is 6.13. The molecule has 0 atom stereocenters. The van der Waals surface area contributed by atoms with Crippen LogP contribution in [0, 0.1) is 6.92 Å². The molecule has 0 unspecified atom stereocenters. The largest absolute Gasteiger partial charge is 0.273 e. The zero-order valence-corrected chi connectivity index (χ0v) is 7.84. The molecule has 0 aliphatic carbocycles. The fourth-order valence-electron chi connectivity index (χ4n) is 1.20. The molecule has 2 heterocycles. The van der Waals surface area contributed by atoms with Gasteiger partial charge in [-0.25, -0.2) is 9.97 Å². The Kier molecular flexibility index (Phi) is 2.22. The van der Waals surface area contributed by atoms with Gasteiger partial charge >= 0.3 is 0 Å². The normalized spacial score (nSPS) is 16.1. The molecule has 72 valence electrons. The van der Waals surface area contributed by atoms with Crippen LogP contribution >= 0.6 is 0 Å². The van der Waals surface area contributed by atoms with E-state index in [1.165, 1.54) is 5.01 Å². The van der Waals surface area contributed by atoms with Crippen molar-refractivity contribution in [1.82, 2.24) is 9.97 Å². The second-order valence-electron chi connectivity index (χ2n) is 3.03. The first-order valence-corrected chi connectivity index (χ1v) is 4.41. The molecule has 0 N–H and O–H groups in total. The van der Waals surface area contributed by atoms with E-state index in [-0.39, 0.29) is 5.91 Å². The van der Waals surface area contributed by atoms with Crippen LogP contribution in [0.15, 0.2) is 17.5 Å². The summed E-state index contributed by atoms with van der Waals surface area (Å²) in [6.45, 7) is 1.80. The van der Waals surface area contributed by atoms with Crippen molar-refractivity contribution in [1.29, 1.82) is 0 Å². The molecule has 0 saturated heterocycles. The number of anilines is 1. The summed E-state index contributed by atoms with van der Waals surface area (Å²) in [5.41, 5.74) is 0.622. The van der Waals surface area contributed by atoms with Gasteiger partial charge in [0.05, 0.1) is 12.4 Å². The van der Waals surface area contributed by atoms with E-state index in [9.17, 15) is 4.79 Å². The van der Waals surface area contributed by atoms with Crippen molar-refractivity contribution in [3.05, 3.63) is 18.2 Å². The predicted molar refractivity (Wildman–Crippen MR) is 52.0 cm³/mol. The van der Waals surface area contributed by atoms with Gasteiger partial charge in [0.2, 0.25) is 5.91 Å². The van der Waals surface area contributed by atoms with Gasteiger partial charge in [-0.1, -0.05) is 0 Å². The molecule has 1 aromatic rings. The third kappa shape index (κ3) is 1.61. The molecule has 0 spiro atoms. The topological polar surface area (TPSA) is 58.5 Å². The van der Waals surface area contributed by atoms with Crippen LogP contribution < -0.4 is 5.01 Å². The Balaban J connectivity index is 2.29. The summed E-state index contributed by atoms with van der Waals surface area (Å²) in [5, 5.41) is 5.33. The van der Waals surface area contributed by atoms with Crippen LogP contribution in [-0.2, 0) is 4.79 Å². The second kappa shape index (κ2) is 3.53. The number of amides is 1. The second-order valence-corrected chi connectivity index (χ2v) is 3.03. The van der Waals surface area contributed by atoms with E-state index in [2.05, 4.69) is 15.1 Å². The average Bonchev–Trinajstić information content (AvgIpc) is 2.20. The zero-order chi connectivity index (χ0) is 9.97. The quantitative estimate of drug-likeness (QED) is 0.661. The maximum Gasteiger partial charge on any atom is 0.247 e. The lowest BCUT2D eigenvalue weighted by Gasteiger charge is -2.18. The highest BCUT2D eigenvalue weighted by Gasteiger charge is 2.17. The first-order chi connectivity index (χ1) is 6.77. The fraction of sp³-hybridized carbons (Fsp3) is 0.333. The van der Waals surface area contributed by atoms with Gasteiger partial charge in [-0.2, -0.15) is 10.1 Å². The summed E-state index contributed by atoms with van der Waals surface area (Å²) >= 11 is 0. The lowest BCUT2D eigenvalue weighted by Crippen LogP contribution is -2.28. The molecule has 1 aliphatic heterocycles. The average molecular weight is 190 g/mol. The highest BCUT2D eigenvalue weighted by Crippen LogP contribution is 2.15. The van der Waals surface area contributed by atoms with E-state index >= 15 is 0 Å². The molecular formula is C9H10N4O. The molecule has 5 heteroatoms. The lowest BCUT2D eigenvalue weighted by molar-refractivity contribution is -0.118. The molecule has 0 fully saturated rings. The maximum atomic E-state index is 11.4. The van der Waals surface area contributed by atoms with E-state index in [1.807, 2.05) is 0 Å². The van der Waals surface area contributed by atoms with Crippen LogP contribution in [0.3, 0.4) is 0 Å². The molecule has 0 radical (unpaired) electrons. The highest BCUT2D eigenvalue weighted by atomic mass is 16.2. The van der Waals surface area contributed by atoms with E-state index in [1.54, 1.807) is 25.5 Å². The van der Waals surface area contributed by atoms with E-state index < -0.39 is 0 Å². The number of hydrogen-bond acceptors (Lipinski definition) is 4. The van der Waals surface area contributed by atoms with Gasteiger partial charge < -0.3 is 0 Å². The predicted octanol–water partition coefficient (Wildman–Crippen LogP) is 0.898. The van der Waals surface area contributed by atoms with Crippen LogP contribution in [-0.4, -0.2) is 22.1 Å². The standard InChI is InChI=1S/C9H10N4O/c1-7-10-5-8(6-11-7)13-9(14)3-2-4-12-13/h4-6H,2-3H2,1H3. The van der Waals surface area contributed by atoms with E-state index in [0.29, 0.717) is 24.4 Å². The summed E-state index contributed by atoms with van der Waals surface area (Å²) in [7, 11) is 0. The smallest absolute Gasteiger partial charge is 0.247 e. The van der Waals surface area contributed by atoms with Gasteiger partial charge in [-0.3, -0.25) is 4.79 Å². The first-order valence-electron chi connectivity index (χ1n) is 4.41. The molecule has 0 saturated carbocycles. The summed E-state index contributed by atoms with van der Waals surface area (Å²) < 4.78 is 0. The number of aromatic nitrogens is 2. The van der Waals surface area contributed by atoms with Gasteiger partial charge in [0.1, 0.15) is 11.5 Å². The van der Waals surface area contributed by atoms with Crippen molar-refractivity contribution in [2.45, 2.75) is 19.8 Å². The number of aryl methyl sites for hydroxylation is 1. The zero-order valence-electron chi connectivity index (χ0n) is 7.84. The van der Waals surface area contributed by atoms with Crippen molar-refractivity contribution in [2.24, 2.45) is 5.10 Å². The Bertz CT molecular complexity index is 371. The fourth-order valence-corrected chi connectivity index (χ4v) is 1.20. The van der Waals surface area contributed by atoms with Gasteiger partial charge in [0.15, 0.2) is 0 Å². The molecule has 14 heavy (non-hydrogen) atoms. The Morgan fingerprint density at radius 2 is 2.07 bits per heavy atom. The Morgan fingerprint density at radius 3 is 2.71 bits per heavy atom. The molecule has 1 aliphatic rings. The molecule has 0 bridgehead atoms. The summed E-state index contributed by atoms with van der Waals surface area (Å²) in [6, 6.07) is 0. The van der Waals surface area contributed by atoms with Crippen LogP contribution in [0.4, 0.5) is 5.69 Å². The molecular weight excluding hydrogens is 180 g/mol. The Morgan fingerprint density at radius 1 is 1.36 bits per heavy atom. The van der Waals surface area contributed by atoms with Gasteiger partial charge in [0, 0.05) is 12.6 Å². The van der Waals surface area contributed by atoms with E-state index in [4.69, 9.17) is 0 Å². The van der Waals surface area contributed by atoms with Crippen molar-refractivity contribution < 1.29 is 4.79 Å². The van der Waals surface area contributed by atoms with Crippen molar-refractivity contribution >= 4 is 17.8 Å². The Labute approximate surface area is 81.5 Å². The number of rotatable bonds is 1. The highest BCUT2D eigenvalue weighted by molar-refractivity contribution is 5.96. The third-order valence-electron chi connectivity index (χ3n) is 1.93. The lowest BCUT2D eigenvalue weighted by atomic mass is 10.3. The molecule has 5 nitrogen and oxygen atoms in total. The van der Waals surface area contributed by atoms with E-state index in [0.717, 1.165) is 0 Å². The molecule has 0 aromatic carbocycles. The van der Waals surface area contributed by atoms with Crippen molar-refractivity contribution in [3.8, 4) is 0 Å². The first kappa shape index (κ1) is 8.80. The number of carbonyl (C=O) groups excluding carboxylic acids is 1. The monoisotopic (exact) mass is 190 g/mol.